The van der Waals surface area contributed by atoms with Crippen molar-refractivity contribution in [2.75, 3.05) is 5.43 Å². The van der Waals surface area contributed by atoms with Gasteiger partial charge in [0.25, 0.3) is 5.91 Å². The lowest BCUT2D eigenvalue weighted by Gasteiger charge is -2.14. The highest BCUT2D eigenvalue weighted by atomic mass is 35.5. The van der Waals surface area contributed by atoms with Gasteiger partial charge < -0.3 is 0 Å². The van der Waals surface area contributed by atoms with Gasteiger partial charge in [-0.05, 0) is 55.5 Å². The number of hydrogen-bond donors (Lipinski definition) is 2. The summed E-state index contributed by atoms with van der Waals surface area (Å²) < 4.78 is 29.3. The van der Waals surface area contributed by atoms with E-state index in [0.717, 1.165) is 36.6 Å². The molecular weight excluding hydrogens is 433 g/mol. The molecule has 2 aliphatic carbocycles. The zero-order chi connectivity index (χ0) is 21.0. The van der Waals surface area contributed by atoms with Gasteiger partial charge in [0, 0.05) is 17.5 Å². The lowest BCUT2D eigenvalue weighted by molar-refractivity contribution is 0.0956. The Kier molecular flexibility index (Phi) is 4.67. The van der Waals surface area contributed by atoms with Gasteiger partial charge in [0.1, 0.15) is 11.5 Å². The van der Waals surface area contributed by atoms with Crippen LogP contribution in [0, 0.1) is 11.6 Å². The van der Waals surface area contributed by atoms with Crippen LogP contribution in [0.25, 0.3) is 5.69 Å². The summed E-state index contributed by atoms with van der Waals surface area (Å²) in [5.41, 5.74) is 8.05. The zero-order valence-electron chi connectivity index (χ0n) is 15.6. The van der Waals surface area contributed by atoms with Crippen molar-refractivity contribution in [1.29, 1.82) is 0 Å². The van der Waals surface area contributed by atoms with Crippen LogP contribution in [0.4, 0.5) is 14.5 Å². The number of rotatable bonds is 4. The van der Waals surface area contributed by atoms with Crippen LogP contribution in [0.1, 0.15) is 52.8 Å². The lowest BCUT2D eigenvalue weighted by atomic mass is 9.95. The van der Waals surface area contributed by atoms with Gasteiger partial charge >= 0.3 is 0 Å². The summed E-state index contributed by atoms with van der Waals surface area (Å²) in [6.45, 7) is 0. The summed E-state index contributed by atoms with van der Waals surface area (Å²) in [4.78, 5) is 12.9. The van der Waals surface area contributed by atoms with Crippen molar-refractivity contribution >= 4 is 34.8 Å². The Hall–Kier alpha value is -2.64. The van der Waals surface area contributed by atoms with Gasteiger partial charge in [0.2, 0.25) is 0 Å². The maximum atomic E-state index is 14.5. The third-order valence-electron chi connectivity index (χ3n) is 5.78. The van der Waals surface area contributed by atoms with Crippen molar-refractivity contribution in [3.63, 3.8) is 0 Å². The van der Waals surface area contributed by atoms with Crippen molar-refractivity contribution in [1.82, 2.24) is 15.2 Å². The van der Waals surface area contributed by atoms with E-state index in [1.807, 2.05) is 0 Å². The molecule has 2 unspecified atom stereocenters. The van der Waals surface area contributed by atoms with Crippen molar-refractivity contribution in [3.05, 3.63) is 75.0 Å². The van der Waals surface area contributed by atoms with E-state index in [0.29, 0.717) is 15.7 Å². The summed E-state index contributed by atoms with van der Waals surface area (Å²) >= 11 is 11.9. The van der Waals surface area contributed by atoms with Gasteiger partial charge in [-0.2, -0.15) is 5.10 Å². The highest BCUT2D eigenvalue weighted by Gasteiger charge is 2.44. The molecule has 2 aromatic carbocycles. The van der Waals surface area contributed by atoms with Gasteiger partial charge in [-0.15, -0.1) is 0 Å². The first kappa shape index (κ1) is 19.3. The number of halogens is 4. The molecule has 0 radical (unpaired) electrons. The average Bonchev–Trinajstić information content (AvgIpc) is 3.41. The van der Waals surface area contributed by atoms with E-state index in [2.05, 4.69) is 16.0 Å². The Morgan fingerprint density at radius 3 is 2.63 bits per heavy atom. The lowest BCUT2D eigenvalue weighted by Crippen LogP contribution is -2.30. The summed E-state index contributed by atoms with van der Waals surface area (Å²) in [7, 11) is 0. The van der Waals surface area contributed by atoms with E-state index in [4.69, 9.17) is 23.2 Å². The van der Waals surface area contributed by atoms with Crippen LogP contribution in [0.15, 0.2) is 36.4 Å². The predicted octanol–water partition coefficient (Wildman–Crippen LogP) is 5.58. The highest BCUT2D eigenvalue weighted by molar-refractivity contribution is 6.42. The molecule has 0 aliphatic heterocycles. The van der Waals surface area contributed by atoms with Crippen LogP contribution in [-0.2, 0) is 0 Å². The molecule has 2 bridgehead atoms. The molecule has 5 rings (SSSR count). The molecule has 0 spiro atoms. The third kappa shape index (κ3) is 3.13. The van der Waals surface area contributed by atoms with Crippen LogP contribution < -0.4 is 10.9 Å². The Morgan fingerprint density at radius 1 is 1.07 bits per heavy atom. The fourth-order valence-corrected chi connectivity index (χ4v) is 4.80. The highest BCUT2D eigenvalue weighted by Crippen LogP contribution is 2.54. The third-order valence-corrected chi connectivity index (χ3v) is 6.52. The van der Waals surface area contributed by atoms with E-state index in [9.17, 15) is 13.6 Å². The number of anilines is 1. The molecule has 0 saturated heterocycles. The Balaban J connectivity index is 1.49. The van der Waals surface area contributed by atoms with E-state index >= 15 is 0 Å². The smallest absolute Gasteiger partial charge is 0.290 e. The van der Waals surface area contributed by atoms with E-state index < -0.39 is 17.5 Å². The van der Waals surface area contributed by atoms with Gasteiger partial charge in [-0.25, -0.2) is 13.5 Å². The molecule has 1 fully saturated rings. The summed E-state index contributed by atoms with van der Waals surface area (Å²) in [6, 6.07) is 8.23. The standard InChI is InChI=1S/C21H16Cl2F2N4O/c22-14-5-4-13(9-15(14)23)26-27-21(30)19-18-10-1-2-11(7-10)20(18)29(28-19)17-6-3-12(24)8-16(17)25/h3-6,8-11,26H,1-2,7H2,(H,27,30). The number of nitrogens with one attached hydrogen (secondary N) is 2. The number of carbonyl (C=O) groups is 1. The van der Waals surface area contributed by atoms with Crippen LogP contribution in [0.3, 0.4) is 0 Å². The number of fused-ring (bicyclic) bond motifs is 5. The molecule has 3 aromatic rings. The van der Waals surface area contributed by atoms with Gasteiger partial charge in [-0.3, -0.25) is 15.6 Å². The number of nitrogens with zero attached hydrogens (tertiary/aromatic N) is 2. The fraction of sp³-hybridized carbons (Fsp3) is 0.238. The second-order valence-electron chi connectivity index (χ2n) is 7.57. The molecule has 9 heteroatoms. The molecule has 30 heavy (non-hydrogen) atoms. The Bertz CT molecular complexity index is 1180. The van der Waals surface area contributed by atoms with Crippen molar-refractivity contribution in [2.45, 2.75) is 31.1 Å². The molecule has 154 valence electrons. The van der Waals surface area contributed by atoms with Crippen LogP contribution in [-0.4, -0.2) is 15.7 Å². The second kappa shape index (κ2) is 7.25. The molecule has 2 N–H and O–H groups in total. The number of carbonyl (C=O) groups excluding carboxylic acids is 1. The minimum Gasteiger partial charge on any atom is -0.298 e. The molecule has 2 atom stereocenters. The van der Waals surface area contributed by atoms with Crippen LogP contribution in [0.2, 0.25) is 10.0 Å². The monoisotopic (exact) mass is 448 g/mol. The average molecular weight is 449 g/mol. The summed E-state index contributed by atoms with van der Waals surface area (Å²) in [6.07, 6.45) is 2.85. The second-order valence-corrected chi connectivity index (χ2v) is 8.38. The van der Waals surface area contributed by atoms with Gasteiger partial charge in [0.05, 0.1) is 21.4 Å². The van der Waals surface area contributed by atoms with Crippen LogP contribution in [0.5, 0.6) is 0 Å². The van der Waals surface area contributed by atoms with Crippen molar-refractivity contribution < 1.29 is 13.6 Å². The minimum atomic E-state index is -0.719. The molecule has 1 amide bonds. The Morgan fingerprint density at radius 2 is 1.87 bits per heavy atom. The number of hydrogen-bond acceptors (Lipinski definition) is 3. The predicted molar refractivity (Wildman–Crippen MR) is 110 cm³/mol. The topological polar surface area (TPSA) is 59.0 Å². The maximum absolute atomic E-state index is 14.5. The van der Waals surface area contributed by atoms with E-state index in [-0.39, 0.29) is 23.2 Å². The quantitative estimate of drug-likeness (QED) is 0.512. The Labute approximate surface area is 180 Å². The van der Waals surface area contributed by atoms with Crippen molar-refractivity contribution in [2.24, 2.45) is 0 Å². The van der Waals surface area contributed by atoms with Gasteiger partial charge in [-0.1, -0.05) is 23.2 Å². The molecule has 1 heterocycles. The zero-order valence-corrected chi connectivity index (χ0v) is 17.1. The number of amides is 1. The first-order valence-corrected chi connectivity index (χ1v) is 10.3. The molecule has 1 aromatic heterocycles. The summed E-state index contributed by atoms with van der Waals surface area (Å²) in [5.74, 6) is -1.39. The molecule has 1 saturated carbocycles. The van der Waals surface area contributed by atoms with Crippen molar-refractivity contribution in [3.8, 4) is 5.69 Å². The SMILES string of the molecule is O=C(NNc1ccc(Cl)c(Cl)c1)c1nn(-c2ccc(F)cc2F)c2c1C1CCC2C1. The minimum absolute atomic E-state index is 0.136. The molecular formula is C21H16Cl2F2N4O. The summed E-state index contributed by atoms with van der Waals surface area (Å²) in [5, 5.41) is 5.19. The van der Waals surface area contributed by atoms with Gasteiger partial charge in [0.15, 0.2) is 11.5 Å². The van der Waals surface area contributed by atoms with E-state index in [1.165, 1.54) is 16.8 Å². The van der Waals surface area contributed by atoms with Crippen LogP contribution >= 0.6 is 23.2 Å². The molecule has 5 nitrogen and oxygen atoms in total. The maximum Gasteiger partial charge on any atom is 0.290 e. The first-order valence-electron chi connectivity index (χ1n) is 9.52. The largest absolute Gasteiger partial charge is 0.298 e. The molecule has 2 aliphatic rings. The fourth-order valence-electron chi connectivity index (χ4n) is 4.50. The first-order chi connectivity index (χ1) is 14.4. The number of aromatic nitrogens is 2. The number of hydrazine groups is 1. The van der Waals surface area contributed by atoms with E-state index in [1.54, 1.807) is 18.2 Å². The normalized spacial score (nSPS) is 19.1. The number of benzene rings is 2.